The Hall–Kier alpha value is -2.56. The molecule has 1 aromatic carbocycles. The third kappa shape index (κ3) is 1.79. The van der Waals surface area contributed by atoms with Crippen LogP contribution in [0.2, 0.25) is 0 Å². The maximum atomic E-state index is 5.59. The number of fused-ring (bicyclic) bond motifs is 2. The van der Waals surface area contributed by atoms with E-state index < -0.39 is 0 Å². The molecule has 0 aliphatic carbocycles. The summed E-state index contributed by atoms with van der Waals surface area (Å²) in [7, 11) is 0. The Kier molecular flexibility index (Phi) is 2.39. The van der Waals surface area contributed by atoms with E-state index in [9.17, 15) is 0 Å². The molecule has 0 atom stereocenters. The molecule has 0 amide bonds. The van der Waals surface area contributed by atoms with Crippen LogP contribution in [0.15, 0.2) is 34.7 Å². The average molecular weight is 268 g/mol. The lowest BCUT2D eigenvalue weighted by Crippen LogP contribution is -2.15. The molecule has 0 unspecified atom stereocenters. The Labute approximate surface area is 115 Å². The minimum absolute atomic E-state index is 0.575. The number of aromatic nitrogens is 2. The van der Waals surface area contributed by atoms with Crippen molar-refractivity contribution in [1.29, 1.82) is 0 Å². The molecular formula is C15H12N2O3. The maximum Gasteiger partial charge on any atom is 0.199 e. The van der Waals surface area contributed by atoms with Gasteiger partial charge in [0.15, 0.2) is 28.6 Å². The minimum Gasteiger partial charge on any atom is -0.486 e. The minimum atomic E-state index is 0.575. The highest BCUT2D eigenvalue weighted by molar-refractivity contribution is 5.74. The zero-order valence-corrected chi connectivity index (χ0v) is 10.9. The van der Waals surface area contributed by atoms with Crippen LogP contribution in [-0.2, 0) is 0 Å². The van der Waals surface area contributed by atoms with Gasteiger partial charge in [-0.1, -0.05) is 0 Å². The molecule has 0 spiro atoms. The fraction of sp³-hybridized carbons (Fsp3) is 0.200. The molecular weight excluding hydrogens is 256 g/mol. The van der Waals surface area contributed by atoms with Crippen LogP contribution in [0.1, 0.15) is 5.89 Å². The highest BCUT2D eigenvalue weighted by Crippen LogP contribution is 2.34. The summed E-state index contributed by atoms with van der Waals surface area (Å²) in [5, 5.41) is 0. The van der Waals surface area contributed by atoms with Crippen LogP contribution in [0.25, 0.3) is 22.5 Å². The SMILES string of the molecule is Cc1nc2nc(-c3ccc4c(c3)OCCO4)ccc2o1. The van der Waals surface area contributed by atoms with Gasteiger partial charge in [-0.25, -0.2) is 4.98 Å². The second kappa shape index (κ2) is 4.23. The number of pyridine rings is 1. The van der Waals surface area contributed by atoms with Gasteiger partial charge in [0.2, 0.25) is 0 Å². The van der Waals surface area contributed by atoms with Gasteiger partial charge in [-0.05, 0) is 30.3 Å². The summed E-state index contributed by atoms with van der Waals surface area (Å²) in [6.45, 7) is 2.98. The Balaban J connectivity index is 1.81. The molecule has 1 aliphatic rings. The summed E-state index contributed by atoms with van der Waals surface area (Å²) in [4.78, 5) is 8.77. The predicted molar refractivity (Wildman–Crippen MR) is 73.0 cm³/mol. The lowest BCUT2D eigenvalue weighted by Gasteiger charge is -2.18. The summed E-state index contributed by atoms with van der Waals surface area (Å²) in [5.74, 6) is 2.15. The van der Waals surface area contributed by atoms with Crippen molar-refractivity contribution in [2.24, 2.45) is 0 Å². The highest BCUT2D eigenvalue weighted by Gasteiger charge is 2.13. The van der Waals surface area contributed by atoms with Gasteiger partial charge in [0.1, 0.15) is 13.2 Å². The van der Waals surface area contributed by atoms with E-state index in [0.717, 1.165) is 22.8 Å². The lowest BCUT2D eigenvalue weighted by molar-refractivity contribution is 0.171. The number of oxazole rings is 1. The number of ether oxygens (including phenoxy) is 2. The van der Waals surface area contributed by atoms with Gasteiger partial charge in [-0.15, -0.1) is 0 Å². The molecule has 3 aromatic rings. The monoisotopic (exact) mass is 268 g/mol. The molecule has 0 bridgehead atoms. The highest BCUT2D eigenvalue weighted by atomic mass is 16.6. The van der Waals surface area contributed by atoms with E-state index in [1.165, 1.54) is 0 Å². The second-order valence-corrected chi connectivity index (χ2v) is 4.61. The molecule has 1 aliphatic heterocycles. The molecule has 0 fully saturated rings. The molecule has 0 radical (unpaired) electrons. The van der Waals surface area contributed by atoms with Crippen molar-refractivity contribution in [1.82, 2.24) is 9.97 Å². The predicted octanol–water partition coefficient (Wildman–Crippen LogP) is 2.97. The van der Waals surface area contributed by atoms with E-state index >= 15 is 0 Å². The van der Waals surface area contributed by atoms with Crippen LogP contribution in [0.3, 0.4) is 0 Å². The number of hydrogen-bond donors (Lipinski definition) is 0. The van der Waals surface area contributed by atoms with Gasteiger partial charge in [0.25, 0.3) is 0 Å². The van der Waals surface area contributed by atoms with Gasteiger partial charge in [0.05, 0.1) is 5.69 Å². The Morgan fingerprint density at radius 1 is 0.950 bits per heavy atom. The quantitative estimate of drug-likeness (QED) is 0.679. The molecule has 4 rings (SSSR count). The number of hydrogen-bond acceptors (Lipinski definition) is 5. The van der Waals surface area contributed by atoms with Crippen LogP contribution in [-0.4, -0.2) is 23.2 Å². The first kappa shape index (κ1) is 11.3. The third-order valence-corrected chi connectivity index (χ3v) is 3.20. The van der Waals surface area contributed by atoms with Crippen molar-refractivity contribution < 1.29 is 13.9 Å². The molecule has 2 aromatic heterocycles. The van der Waals surface area contributed by atoms with E-state index in [-0.39, 0.29) is 0 Å². The van der Waals surface area contributed by atoms with Crippen LogP contribution in [0, 0.1) is 6.92 Å². The molecule has 0 N–H and O–H groups in total. The number of rotatable bonds is 1. The van der Waals surface area contributed by atoms with Crippen molar-refractivity contribution in [3.8, 4) is 22.8 Å². The third-order valence-electron chi connectivity index (χ3n) is 3.20. The Morgan fingerprint density at radius 2 is 1.80 bits per heavy atom. The fourth-order valence-electron chi connectivity index (χ4n) is 2.29. The van der Waals surface area contributed by atoms with E-state index in [0.29, 0.717) is 30.3 Å². The summed E-state index contributed by atoms with van der Waals surface area (Å²) in [5.41, 5.74) is 3.12. The zero-order valence-electron chi connectivity index (χ0n) is 10.9. The van der Waals surface area contributed by atoms with E-state index in [1.807, 2.05) is 37.3 Å². The first-order chi connectivity index (χ1) is 9.79. The van der Waals surface area contributed by atoms with E-state index in [2.05, 4.69) is 9.97 Å². The summed E-state index contributed by atoms with van der Waals surface area (Å²) >= 11 is 0. The molecule has 20 heavy (non-hydrogen) atoms. The Bertz CT molecular complexity index is 795. The van der Waals surface area contributed by atoms with E-state index in [1.54, 1.807) is 0 Å². The van der Waals surface area contributed by atoms with Crippen molar-refractivity contribution >= 4 is 11.2 Å². The number of nitrogens with zero attached hydrogens (tertiary/aromatic N) is 2. The second-order valence-electron chi connectivity index (χ2n) is 4.61. The van der Waals surface area contributed by atoms with Crippen molar-refractivity contribution in [2.75, 3.05) is 13.2 Å². The normalized spacial score (nSPS) is 13.7. The number of benzene rings is 1. The number of aryl methyl sites for hydroxylation is 1. The topological polar surface area (TPSA) is 57.4 Å². The lowest BCUT2D eigenvalue weighted by atomic mass is 10.1. The first-order valence-corrected chi connectivity index (χ1v) is 6.44. The zero-order chi connectivity index (χ0) is 13.5. The van der Waals surface area contributed by atoms with E-state index in [4.69, 9.17) is 13.9 Å². The van der Waals surface area contributed by atoms with Gasteiger partial charge in [-0.3, -0.25) is 0 Å². The fourth-order valence-corrected chi connectivity index (χ4v) is 2.29. The molecule has 100 valence electrons. The van der Waals surface area contributed by atoms with Gasteiger partial charge in [0, 0.05) is 12.5 Å². The van der Waals surface area contributed by atoms with Crippen LogP contribution in [0.5, 0.6) is 11.5 Å². The van der Waals surface area contributed by atoms with Crippen molar-refractivity contribution in [3.05, 3.63) is 36.2 Å². The first-order valence-electron chi connectivity index (χ1n) is 6.44. The van der Waals surface area contributed by atoms with Gasteiger partial charge in [-0.2, -0.15) is 4.98 Å². The summed E-state index contributed by atoms with van der Waals surface area (Å²) in [6.07, 6.45) is 0. The largest absolute Gasteiger partial charge is 0.486 e. The van der Waals surface area contributed by atoms with Crippen molar-refractivity contribution in [3.63, 3.8) is 0 Å². The Morgan fingerprint density at radius 3 is 2.70 bits per heavy atom. The van der Waals surface area contributed by atoms with Gasteiger partial charge < -0.3 is 13.9 Å². The molecule has 5 heteroatoms. The van der Waals surface area contributed by atoms with Crippen molar-refractivity contribution in [2.45, 2.75) is 6.92 Å². The van der Waals surface area contributed by atoms with Crippen LogP contribution >= 0.6 is 0 Å². The van der Waals surface area contributed by atoms with Crippen LogP contribution < -0.4 is 9.47 Å². The van der Waals surface area contributed by atoms with Crippen LogP contribution in [0.4, 0.5) is 0 Å². The molecule has 3 heterocycles. The standard InChI is InChI=1S/C15H12N2O3/c1-9-16-15-13(20-9)5-3-11(17-15)10-2-4-12-14(8-10)19-7-6-18-12/h2-5,8H,6-7H2,1H3. The molecule has 5 nitrogen and oxygen atoms in total. The maximum absolute atomic E-state index is 5.59. The average Bonchev–Trinajstić information content (AvgIpc) is 2.85. The molecule has 0 saturated heterocycles. The van der Waals surface area contributed by atoms with Gasteiger partial charge >= 0.3 is 0 Å². The smallest absolute Gasteiger partial charge is 0.199 e. The summed E-state index contributed by atoms with van der Waals surface area (Å²) in [6, 6.07) is 9.61. The molecule has 0 saturated carbocycles. The summed E-state index contributed by atoms with van der Waals surface area (Å²) < 4.78 is 16.5.